The number of hydrogen-bond donors (Lipinski definition) is 0. The van der Waals surface area contributed by atoms with E-state index in [2.05, 4.69) is 125 Å². The zero-order valence-corrected chi connectivity index (χ0v) is 29.2. The number of rotatable bonds is 7. The minimum atomic E-state index is -1.52. The lowest BCUT2D eigenvalue weighted by Crippen LogP contribution is -2.37. The van der Waals surface area contributed by atoms with E-state index in [1.165, 1.54) is 16.0 Å². The molecule has 50 heavy (non-hydrogen) atoms. The third kappa shape index (κ3) is 5.13. The Labute approximate surface area is 293 Å². The smallest absolute Gasteiger partial charge is 0.210 e. The maximum Gasteiger partial charge on any atom is 0.210 e. The molecule has 0 aromatic heterocycles. The van der Waals surface area contributed by atoms with Crippen LogP contribution in [0.5, 0.6) is 0 Å². The number of benzene rings is 8. The van der Waals surface area contributed by atoms with Gasteiger partial charge in [-0.3, -0.25) is 0 Å². The van der Waals surface area contributed by atoms with Gasteiger partial charge in [0.2, 0.25) is 5.69 Å². The van der Waals surface area contributed by atoms with Crippen molar-refractivity contribution >= 4 is 85.4 Å². The SMILES string of the molecule is [C-]#[N+]c1ccccc1N(c1ccccc1)c1ccc2ccc3c(N(c4ccc([Si](C)(C)C)cc4)c4ccccc4C#N)ccc4ccc1c2c43. The van der Waals surface area contributed by atoms with Crippen LogP contribution in [0.1, 0.15) is 5.56 Å². The van der Waals surface area contributed by atoms with Crippen molar-refractivity contribution in [2.45, 2.75) is 19.6 Å². The Morgan fingerprint density at radius 2 is 1.02 bits per heavy atom. The normalized spacial score (nSPS) is 11.5. The first-order valence-electron chi connectivity index (χ1n) is 16.8. The first-order chi connectivity index (χ1) is 24.4. The van der Waals surface area contributed by atoms with Crippen LogP contribution in [0, 0.1) is 17.9 Å². The molecule has 4 nitrogen and oxygen atoms in total. The average molecular weight is 659 g/mol. The summed E-state index contributed by atoms with van der Waals surface area (Å²) in [5.41, 5.74) is 6.91. The van der Waals surface area contributed by atoms with Gasteiger partial charge in [-0.05, 0) is 76.1 Å². The van der Waals surface area contributed by atoms with Gasteiger partial charge in [0.25, 0.3) is 0 Å². The highest BCUT2D eigenvalue weighted by Gasteiger charge is 2.24. The molecule has 0 spiro atoms. The van der Waals surface area contributed by atoms with E-state index in [9.17, 15) is 5.26 Å². The first-order valence-corrected chi connectivity index (χ1v) is 20.3. The van der Waals surface area contributed by atoms with Gasteiger partial charge in [-0.25, -0.2) is 4.85 Å². The van der Waals surface area contributed by atoms with Gasteiger partial charge in [-0.2, -0.15) is 5.26 Å². The van der Waals surface area contributed by atoms with Crippen LogP contribution >= 0.6 is 0 Å². The zero-order chi connectivity index (χ0) is 34.4. The van der Waals surface area contributed by atoms with Crippen LogP contribution in [0.3, 0.4) is 0 Å². The summed E-state index contributed by atoms with van der Waals surface area (Å²) in [6.07, 6.45) is 0. The van der Waals surface area contributed by atoms with Crippen molar-refractivity contribution in [2.24, 2.45) is 0 Å². The monoisotopic (exact) mass is 658 g/mol. The average Bonchev–Trinajstić information content (AvgIpc) is 3.15. The van der Waals surface area contributed by atoms with Crippen LogP contribution in [0.4, 0.5) is 39.8 Å². The molecule has 0 bridgehead atoms. The van der Waals surface area contributed by atoms with E-state index in [1.807, 2.05) is 66.7 Å². The van der Waals surface area contributed by atoms with Gasteiger partial charge < -0.3 is 9.80 Å². The fourth-order valence-electron chi connectivity index (χ4n) is 7.17. The largest absolute Gasteiger partial charge is 0.320 e. The number of hydrogen-bond acceptors (Lipinski definition) is 3. The van der Waals surface area contributed by atoms with Crippen LogP contribution in [0.2, 0.25) is 19.6 Å². The molecule has 8 aromatic rings. The van der Waals surface area contributed by atoms with E-state index < -0.39 is 8.07 Å². The third-order valence-corrected chi connectivity index (χ3v) is 11.7. The van der Waals surface area contributed by atoms with E-state index in [1.54, 1.807) is 0 Å². The van der Waals surface area contributed by atoms with Crippen LogP contribution in [-0.4, -0.2) is 8.07 Å². The Hall–Kier alpha value is -6.40. The molecule has 0 saturated heterocycles. The number of para-hydroxylation sites is 4. The van der Waals surface area contributed by atoms with Crippen LogP contribution in [0.25, 0.3) is 37.2 Å². The molecular formula is C45H34N4Si. The fraction of sp³-hybridized carbons (Fsp3) is 0.0667. The van der Waals surface area contributed by atoms with Gasteiger partial charge in [0.05, 0.1) is 43.0 Å². The predicted octanol–water partition coefficient (Wildman–Crippen LogP) is 12.5. The Balaban J connectivity index is 1.41. The lowest BCUT2D eigenvalue weighted by atomic mass is 9.91. The van der Waals surface area contributed by atoms with Gasteiger partial charge in [0.1, 0.15) is 6.07 Å². The van der Waals surface area contributed by atoms with Gasteiger partial charge in [0, 0.05) is 22.1 Å². The Kier molecular flexibility index (Phi) is 7.56. The highest BCUT2D eigenvalue weighted by Crippen LogP contribution is 2.48. The molecule has 8 rings (SSSR count). The summed E-state index contributed by atoms with van der Waals surface area (Å²) in [5, 5.41) is 18.5. The zero-order valence-electron chi connectivity index (χ0n) is 28.2. The molecule has 0 amide bonds. The molecule has 0 saturated carbocycles. The minimum Gasteiger partial charge on any atom is -0.320 e. The topological polar surface area (TPSA) is 34.6 Å². The molecule has 238 valence electrons. The second kappa shape index (κ2) is 12.2. The Morgan fingerprint density at radius 3 is 1.60 bits per heavy atom. The number of nitrogens with zero attached hydrogens (tertiary/aromatic N) is 4. The van der Waals surface area contributed by atoms with Crippen molar-refractivity contribution < 1.29 is 0 Å². The summed E-state index contributed by atoms with van der Waals surface area (Å²) in [7, 11) is -1.52. The van der Waals surface area contributed by atoms with E-state index >= 15 is 0 Å². The summed E-state index contributed by atoms with van der Waals surface area (Å²) >= 11 is 0. The number of nitriles is 1. The molecular weight excluding hydrogens is 625 g/mol. The second-order valence-corrected chi connectivity index (χ2v) is 18.7. The summed E-state index contributed by atoms with van der Waals surface area (Å²) in [5.74, 6) is 0. The van der Waals surface area contributed by atoms with E-state index in [4.69, 9.17) is 6.57 Å². The number of anilines is 6. The Bertz CT molecular complexity index is 2610. The van der Waals surface area contributed by atoms with Crippen LogP contribution in [0.15, 0.2) is 152 Å². The maximum absolute atomic E-state index is 10.3. The van der Waals surface area contributed by atoms with Crippen molar-refractivity contribution in [2.75, 3.05) is 9.80 Å². The molecule has 0 unspecified atom stereocenters. The van der Waals surface area contributed by atoms with Crippen molar-refractivity contribution in [1.29, 1.82) is 5.26 Å². The van der Waals surface area contributed by atoms with E-state index in [0.717, 1.165) is 55.7 Å². The second-order valence-electron chi connectivity index (χ2n) is 13.6. The molecule has 0 fully saturated rings. The molecule has 0 radical (unpaired) electrons. The molecule has 0 aliphatic rings. The lowest BCUT2D eigenvalue weighted by molar-refractivity contribution is 1.28. The van der Waals surface area contributed by atoms with Gasteiger partial charge in [0.15, 0.2) is 0 Å². The first kappa shape index (κ1) is 30.9. The third-order valence-electron chi connectivity index (χ3n) is 9.61. The van der Waals surface area contributed by atoms with E-state index in [-0.39, 0.29) is 0 Å². The molecule has 8 aromatic carbocycles. The fourth-order valence-corrected chi connectivity index (χ4v) is 8.34. The summed E-state index contributed by atoms with van der Waals surface area (Å²) in [6.45, 7) is 15.1. The Morgan fingerprint density at radius 1 is 0.520 bits per heavy atom. The van der Waals surface area contributed by atoms with Crippen LogP contribution in [-0.2, 0) is 0 Å². The van der Waals surface area contributed by atoms with Crippen molar-refractivity contribution in [3.8, 4) is 6.07 Å². The van der Waals surface area contributed by atoms with Gasteiger partial charge in [-0.15, -0.1) is 0 Å². The molecule has 0 N–H and O–H groups in total. The summed E-state index contributed by atoms with van der Waals surface area (Å²) in [6, 6.07) is 54.9. The van der Waals surface area contributed by atoms with Gasteiger partial charge >= 0.3 is 0 Å². The predicted molar refractivity (Wildman–Crippen MR) is 213 cm³/mol. The van der Waals surface area contributed by atoms with Crippen molar-refractivity contribution in [3.05, 3.63) is 169 Å². The lowest BCUT2D eigenvalue weighted by Gasteiger charge is -2.30. The maximum atomic E-state index is 10.3. The summed E-state index contributed by atoms with van der Waals surface area (Å²) < 4.78 is 0. The molecule has 0 aliphatic heterocycles. The van der Waals surface area contributed by atoms with Crippen molar-refractivity contribution in [1.82, 2.24) is 0 Å². The van der Waals surface area contributed by atoms with Crippen LogP contribution < -0.4 is 15.0 Å². The molecule has 5 heteroatoms. The highest BCUT2D eigenvalue weighted by atomic mass is 28.3. The van der Waals surface area contributed by atoms with E-state index in [0.29, 0.717) is 11.3 Å². The molecule has 0 aliphatic carbocycles. The molecule has 0 heterocycles. The quantitative estimate of drug-likeness (QED) is 0.0971. The minimum absolute atomic E-state index is 0.594. The van der Waals surface area contributed by atoms with Gasteiger partial charge in [-0.1, -0.05) is 122 Å². The van der Waals surface area contributed by atoms with Crippen molar-refractivity contribution in [3.63, 3.8) is 0 Å². The summed E-state index contributed by atoms with van der Waals surface area (Å²) in [4.78, 5) is 8.35. The standard InChI is InChI=1S/C45H34N4Si/c1-47-39-15-9-11-17-43(39)49(34-13-6-5-7-14-34)42-29-21-32-18-26-37-41(28-20-31-19-27-38(42)45(32)44(31)37)48(40-16-10-8-12-33(40)30-46)35-22-24-36(25-23-35)50(2,3)4/h5-29H,2-4H3. The molecule has 0 atom stereocenters. The highest BCUT2D eigenvalue weighted by molar-refractivity contribution is 6.88.